The smallest absolute Gasteiger partial charge is 0.00726 e. The van der Waals surface area contributed by atoms with Gasteiger partial charge in [-0.25, -0.2) is 0 Å². The molecule has 1 nitrogen and oxygen atoms in total. The molecule has 1 aromatic rings. The van der Waals surface area contributed by atoms with Crippen LogP contribution in [-0.2, 0) is 6.42 Å². The van der Waals surface area contributed by atoms with Crippen LogP contribution in [0.3, 0.4) is 0 Å². The summed E-state index contributed by atoms with van der Waals surface area (Å²) >= 11 is 0. The largest absolute Gasteiger partial charge is 0.314 e. The molecule has 0 saturated heterocycles. The maximum Gasteiger partial charge on any atom is 0.00726 e. The normalized spacial score (nSPS) is 14.7. The van der Waals surface area contributed by atoms with Gasteiger partial charge in [0.1, 0.15) is 0 Å². The predicted molar refractivity (Wildman–Crippen MR) is 85.7 cm³/mol. The topological polar surface area (TPSA) is 12.0 Å². The Morgan fingerprint density at radius 3 is 2.26 bits per heavy atom. The molecule has 0 heterocycles. The molecule has 19 heavy (non-hydrogen) atoms. The summed E-state index contributed by atoms with van der Waals surface area (Å²) in [6.07, 6.45) is 2.38. The fourth-order valence-electron chi connectivity index (χ4n) is 2.72. The molecule has 0 aliphatic heterocycles. The molecule has 0 aliphatic rings. The molecule has 0 aliphatic carbocycles. The average Bonchev–Trinajstić information content (AvgIpc) is 2.36. The van der Waals surface area contributed by atoms with Gasteiger partial charge in [-0.1, -0.05) is 39.0 Å². The van der Waals surface area contributed by atoms with Crippen LogP contribution in [0, 0.1) is 25.7 Å². The van der Waals surface area contributed by atoms with Gasteiger partial charge in [-0.15, -0.1) is 0 Å². The average molecular weight is 261 g/mol. The minimum Gasteiger partial charge on any atom is -0.314 e. The summed E-state index contributed by atoms with van der Waals surface area (Å²) in [5, 5.41) is 3.66. The quantitative estimate of drug-likeness (QED) is 0.761. The SMILES string of the molecule is CCCNC(C)C(Cc1ccc(C)c(C)c1)C(C)C. The first-order chi connectivity index (χ1) is 8.95. The highest BCUT2D eigenvalue weighted by Crippen LogP contribution is 2.22. The third-order valence-corrected chi connectivity index (χ3v) is 4.26. The van der Waals surface area contributed by atoms with Crippen molar-refractivity contribution in [1.82, 2.24) is 5.32 Å². The molecular weight excluding hydrogens is 230 g/mol. The zero-order chi connectivity index (χ0) is 14.4. The Labute approximate surface area is 119 Å². The highest BCUT2D eigenvalue weighted by Gasteiger charge is 2.20. The maximum absolute atomic E-state index is 3.66. The number of hydrogen-bond acceptors (Lipinski definition) is 1. The van der Waals surface area contributed by atoms with Crippen molar-refractivity contribution in [2.24, 2.45) is 11.8 Å². The lowest BCUT2D eigenvalue weighted by molar-refractivity contribution is 0.289. The highest BCUT2D eigenvalue weighted by atomic mass is 14.9. The molecule has 0 spiro atoms. The predicted octanol–water partition coefficient (Wildman–Crippen LogP) is 4.51. The van der Waals surface area contributed by atoms with Gasteiger partial charge >= 0.3 is 0 Å². The molecule has 2 atom stereocenters. The molecule has 0 amide bonds. The zero-order valence-electron chi connectivity index (χ0n) is 13.6. The molecule has 0 bridgehead atoms. The minimum absolute atomic E-state index is 0.585. The summed E-state index contributed by atoms with van der Waals surface area (Å²) in [6, 6.07) is 7.50. The lowest BCUT2D eigenvalue weighted by Crippen LogP contribution is -2.37. The van der Waals surface area contributed by atoms with E-state index in [1.54, 1.807) is 0 Å². The second-order valence-corrected chi connectivity index (χ2v) is 6.27. The molecule has 0 fully saturated rings. The van der Waals surface area contributed by atoms with Crippen LogP contribution in [0.5, 0.6) is 0 Å². The van der Waals surface area contributed by atoms with Crippen molar-refractivity contribution in [2.45, 2.75) is 60.4 Å². The van der Waals surface area contributed by atoms with Crippen molar-refractivity contribution in [1.29, 1.82) is 0 Å². The van der Waals surface area contributed by atoms with Gasteiger partial charge < -0.3 is 5.32 Å². The Hall–Kier alpha value is -0.820. The third-order valence-electron chi connectivity index (χ3n) is 4.26. The van der Waals surface area contributed by atoms with E-state index < -0.39 is 0 Å². The van der Waals surface area contributed by atoms with E-state index in [-0.39, 0.29) is 0 Å². The summed E-state index contributed by atoms with van der Waals surface area (Å²) in [5.74, 6) is 1.41. The van der Waals surface area contributed by atoms with Crippen LogP contribution in [0.2, 0.25) is 0 Å². The lowest BCUT2D eigenvalue weighted by atomic mass is 9.83. The summed E-state index contributed by atoms with van der Waals surface area (Å²) in [4.78, 5) is 0. The van der Waals surface area contributed by atoms with Crippen molar-refractivity contribution >= 4 is 0 Å². The van der Waals surface area contributed by atoms with Gasteiger partial charge in [0, 0.05) is 6.04 Å². The standard InChI is InChI=1S/C18H31N/c1-7-10-19-16(6)18(13(2)3)12-17-9-8-14(4)15(5)11-17/h8-9,11,13,16,18-19H,7,10,12H2,1-6H3. The first kappa shape index (κ1) is 16.2. The lowest BCUT2D eigenvalue weighted by Gasteiger charge is -2.28. The number of aryl methyl sites for hydroxylation is 2. The van der Waals surface area contributed by atoms with E-state index in [2.05, 4.69) is 65.1 Å². The first-order valence-electron chi connectivity index (χ1n) is 7.75. The molecular formula is C18H31N. The molecule has 1 N–H and O–H groups in total. The van der Waals surface area contributed by atoms with E-state index in [4.69, 9.17) is 0 Å². The Morgan fingerprint density at radius 2 is 1.74 bits per heavy atom. The fourth-order valence-corrected chi connectivity index (χ4v) is 2.72. The number of benzene rings is 1. The number of hydrogen-bond donors (Lipinski definition) is 1. The van der Waals surface area contributed by atoms with Gasteiger partial charge in [0.2, 0.25) is 0 Å². The number of rotatable bonds is 7. The van der Waals surface area contributed by atoms with Crippen molar-refractivity contribution in [3.63, 3.8) is 0 Å². The van der Waals surface area contributed by atoms with E-state index in [1.165, 1.54) is 29.5 Å². The number of nitrogens with one attached hydrogen (secondary N) is 1. The van der Waals surface area contributed by atoms with E-state index in [0.29, 0.717) is 17.9 Å². The fraction of sp³-hybridized carbons (Fsp3) is 0.667. The van der Waals surface area contributed by atoms with Gasteiger partial charge in [-0.3, -0.25) is 0 Å². The van der Waals surface area contributed by atoms with E-state index in [0.717, 1.165) is 6.54 Å². The Balaban J connectivity index is 2.74. The molecule has 1 aromatic carbocycles. The van der Waals surface area contributed by atoms with Crippen molar-refractivity contribution < 1.29 is 0 Å². The third kappa shape index (κ3) is 4.99. The van der Waals surface area contributed by atoms with Gasteiger partial charge in [-0.05, 0) is 68.7 Å². The molecule has 0 radical (unpaired) electrons. The highest BCUT2D eigenvalue weighted by molar-refractivity contribution is 5.30. The Kier molecular flexibility index (Phi) is 6.57. The molecule has 108 valence electrons. The summed E-state index contributed by atoms with van der Waals surface area (Å²) in [5.41, 5.74) is 4.28. The Morgan fingerprint density at radius 1 is 1.05 bits per heavy atom. The van der Waals surface area contributed by atoms with Crippen LogP contribution in [-0.4, -0.2) is 12.6 Å². The van der Waals surface area contributed by atoms with Crippen molar-refractivity contribution in [3.05, 3.63) is 34.9 Å². The second-order valence-electron chi connectivity index (χ2n) is 6.27. The molecule has 2 unspecified atom stereocenters. The van der Waals surface area contributed by atoms with Gasteiger partial charge in [0.15, 0.2) is 0 Å². The summed E-state index contributed by atoms with van der Waals surface area (Å²) in [6.45, 7) is 14.8. The first-order valence-corrected chi connectivity index (χ1v) is 7.75. The van der Waals surface area contributed by atoms with E-state index in [9.17, 15) is 0 Å². The van der Waals surface area contributed by atoms with Gasteiger partial charge in [-0.2, -0.15) is 0 Å². The van der Waals surface area contributed by atoms with Crippen molar-refractivity contribution in [2.75, 3.05) is 6.54 Å². The van der Waals surface area contributed by atoms with Crippen LogP contribution < -0.4 is 5.32 Å². The molecule has 1 heteroatoms. The monoisotopic (exact) mass is 261 g/mol. The second kappa shape index (κ2) is 7.69. The summed E-state index contributed by atoms with van der Waals surface area (Å²) in [7, 11) is 0. The van der Waals surface area contributed by atoms with Crippen LogP contribution in [0.4, 0.5) is 0 Å². The molecule has 1 rings (SSSR count). The zero-order valence-corrected chi connectivity index (χ0v) is 13.6. The van der Waals surface area contributed by atoms with Gasteiger partial charge in [0.25, 0.3) is 0 Å². The summed E-state index contributed by atoms with van der Waals surface area (Å²) < 4.78 is 0. The molecule has 0 saturated carbocycles. The van der Waals surface area contributed by atoms with E-state index in [1.807, 2.05) is 0 Å². The van der Waals surface area contributed by atoms with E-state index >= 15 is 0 Å². The van der Waals surface area contributed by atoms with Crippen LogP contribution in [0.1, 0.15) is 50.8 Å². The van der Waals surface area contributed by atoms with Crippen LogP contribution in [0.15, 0.2) is 18.2 Å². The molecule has 0 aromatic heterocycles. The Bertz CT molecular complexity index is 381. The van der Waals surface area contributed by atoms with Crippen molar-refractivity contribution in [3.8, 4) is 0 Å². The minimum atomic E-state index is 0.585. The van der Waals surface area contributed by atoms with Gasteiger partial charge in [0.05, 0.1) is 0 Å². The van der Waals surface area contributed by atoms with Crippen LogP contribution in [0.25, 0.3) is 0 Å². The van der Waals surface area contributed by atoms with Crippen LogP contribution >= 0.6 is 0 Å². The maximum atomic E-state index is 3.66.